The van der Waals surface area contributed by atoms with Crippen LogP contribution in [0.15, 0.2) is 12.7 Å². The number of nitrogens with two attached hydrogens (primary N) is 1. The van der Waals surface area contributed by atoms with Crippen molar-refractivity contribution in [2.24, 2.45) is 0 Å². The Hall–Kier alpha value is -0.590. The molecular weight excluding hydrogens is 74.1 g/mol. The van der Waals surface area contributed by atoms with Crippen LogP contribution in [0.5, 0.6) is 0 Å². The molecular formula is C5H10N+. The fourth-order valence-corrected chi connectivity index (χ4v) is 0.214. The van der Waals surface area contributed by atoms with Gasteiger partial charge in [-0.05, 0) is 6.42 Å². The van der Waals surface area contributed by atoms with E-state index in [1.807, 2.05) is 6.08 Å². The minimum atomic E-state index is 0.948. The SMILES string of the molecule is C=CCCC=[NH2+]. The molecule has 0 saturated carbocycles. The van der Waals surface area contributed by atoms with Crippen LogP contribution < -0.4 is 5.41 Å². The number of unbranched alkanes of at least 4 members (excludes halogenated alkanes) is 1. The van der Waals surface area contributed by atoms with Gasteiger partial charge in [0.15, 0.2) is 0 Å². The lowest BCUT2D eigenvalue weighted by molar-refractivity contribution is -0.107. The maximum atomic E-state index is 5.04. The smallest absolute Gasteiger partial charge is 0.136 e. The van der Waals surface area contributed by atoms with Gasteiger partial charge < -0.3 is 0 Å². The van der Waals surface area contributed by atoms with Crippen LogP contribution in [0.3, 0.4) is 0 Å². The summed E-state index contributed by atoms with van der Waals surface area (Å²) in [5.74, 6) is 0. The van der Waals surface area contributed by atoms with Crippen molar-refractivity contribution < 1.29 is 5.41 Å². The van der Waals surface area contributed by atoms with Gasteiger partial charge in [0.05, 0.1) is 0 Å². The van der Waals surface area contributed by atoms with Crippen molar-refractivity contribution in [2.45, 2.75) is 12.8 Å². The molecule has 0 aromatic heterocycles. The molecule has 0 bridgehead atoms. The summed E-state index contributed by atoms with van der Waals surface area (Å²) in [6.07, 6.45) is 5.44. The van der Waals surface area contributed by atoms with Crippen LogP contribution in [-0.4, -0.2) is 6.21 Å². The molecule has 0 heterocycles. The van der Waals surface area contributed by atoms with Gasteiger partial charge in [-0.2, -0.15) is 0 Å². The fraction of sp³-hybridized carbons (Fsp3) is 0.400. The third-order valence-corrected chi connectivity index (χ3v) is 0.537. The molecule has 0 radical (unpaired) electrons. The Morgan fingerprint density at radius 3 is 2.33 bits per heavy atom. The molecule has 0 aromatic rings. The molecule has 0 amide bonds. The van der Waals surface area contributed by atoms with Crippen molar-refractivity contribution in [3.8, 4) is 0 Å². The Morgan fingerprint density at radius 2 is 2.17 bits per heavy atom. The molecule has 1 nitrogen and oxygen atoms in total. The second-order valence-electron chi connectivity index (χ2n) is 1.10. The van der Waals surface area contributed by atoms with Crippen LogP contribution in [0.1, 0.15) is 12.8 Å². The third-order valence-electron chi connectivity index (χ3n) is 0.537. The predicted molar refractivity (Wildman–Crippen MR) is 27.4 cm³/mol. The summed E-state index contributed by atoms with van der Waals surface area (Å²) in [5, 5.41) is 5.04. The van der Waals surface area contributed by atoms with E-state index in [-0.39, 0.29) is 0 Å². The van der Waals surface area contributed by atoms with Gasteiger partial charge in [0.25, 0.3) is 0 Å². The molecule has 0 aliphatic carbocycles. The number of rotatable bonds is 3. The van der Waals surface area contributed by atoms with Crippen LogP contribution in [0.2, 0.25) is 0 Å². The third kappa shape index (κ3) is 3.41. The lowest BCUT2D eigenvalue weighted by Gasteiger charge is -1.71. The normalized spacial score (nSPS) is 7.33. The zero-order valence-corrected chi connectivity index (χ0v) is 3.85. The van der Waals surface area contributed by atoms with Crippen LogP contribution in [0.25, 0.3) is 0 Å². The predicted octanol–water partition coefficient (Wildman–Crippen LogP) is -0.217. The number of hydrogen-bond donors (Lipinski definition) is 1. The van der Waals surface area contributed by atoms with Gasteiger partial charge in [-0.3, -0.25) is 5.41 Å². The summed E-state index contributed by atoms with van der Waals surface area (Å²) in [5.41, 5.74) is 0. The number of hydrogen-bond acceptors (Lipinski definition) is 0. The van der Waals surface area contributed by atoms with Gasteiger partial charge in [0, 0.05) is 6.42 Å². The van der Waals surface area contributed by atoms with E-state index < -0.39 is 0 Å². The van der Waals surface area contributed by atoms with E-state index in [1.54, 1.807) is 6.21 Å². The lowest BCUT2D eigenvalue weighted by Crippen LogP contribution is -2.29. The second kappa shape index (κ2) is 4.41. The van der Waals surface area contributed by atoms with Crippen molar-refractivity contribution in [2.75, 3.05) is 0 Å². The monoisotopic (exact) mass is 84.1 g/mol. The highest BCUT2D eigenvalue weighted by atomic mass is 14.3. The maximum absolute atomic E-state index is 5.04. The molecule has 0 rings (SSSR count). The molecule has 2 N–H and O–H groups in total. The first-order valence-corrected chi connectivity index (χ1v) is 2.06. The molecule has 0 aliphatic heterocycles. The van der Waals surface area contributed by atoms with Crippen molar-refractivity contribution in [1.82, 2.24) is 0 Å². The van der Waals surface area contributed by atoms with E-state index in [0.29, 0.717) is 0 Å². The minimum absolute atomic E-state index is 0.948. The summed E-state index contributed by atoms with van der Waals surface area (Å²) >= 11 is 0. The molecule has 0 aliphatic rings. The van der Waals surface area contributed by atoms with Crippen molar-refractivity contribution >= 4 is 6.21 Å². The van der Waals surface area contributed by atoms with Gasteiger partial charge in [0.1, 0.15) is 6.21 Å². The average molecular weight is 84.1 g/mol. The molecule has 0 spiro atoms. The molecule has 0 atom stereocenters. The molecule has 34 valence electrons. The fourth-order valence-electron chi connectivity index (χ4n) is 0.214. The van der Waals surface area contributed by atoms with Gasteiger partial charge in [-0.25, -0.2) is 0 Å². The van der Waals surface area contributed by atoms with Gasteiger partial charge in [-0.15, -0.1) is 6.58 Å². The van der Waals surface area contributed by atoms with E-state index in [1.165, 1.54) is 0 Å². The summed E-state index contributed by atoms with van der Waals surface area (Å²) in [6, 6.07) is 0. The van der Waals surface area contributed by atoms with Crippen LogP contribution in [0.4, 0.5) is 0 Å². The van der Waals surface area contributed by atoms with E-state index in [0.717, 1.165) is 12.8 Å². The first-order valence-electron chi connectivity index (χ1n) is 2.06. The Balaban J connectivity index is 2.66. The molecule has 6 heavy (non-hydrogen) atoms. The lowest BCUT2D eigenvalue weighted by atomic mass is 10.3. The van der Waals surface area contributed by atoms with Crippen LogP contribution in [0, 0.1) is 0 Å². The highest BCUT2D eigenvalue weighted by molar-refractivity contribution is 5.49. The second-order valence-corrected chi connectivity index (χ2v) is 1.10. The zero-order chi connectivity index (χ0) is 4.83. The molecule has 0 fully saturated rings. The molecule has 0 unspecified atom stereocenters. The van der Waals surface area contributed by atoms with E-state index in [4.69, 9.17) is 5.41 Å². The quantitative estimate of drug-likeness (QED) is 0.278. The van der Waals surface area contributed by atoms with Crippen molar-refractivity contribution in [1.29, 1.82) is 0 Å². The van der Waals surface area contributed by atoms with Gasteiger partial charge in [0.2, 0.25) is 0 Å². The van der Waals surface area contributed by atoms with Crippen LogP contribution in [-0.2, 0) is 0 Å². The Morgan fingerprint density at radius 1 is 1.50 bits per heavy atom. The first kappa shape index (κ1) is 5.41. The highest BCUT2D eigenvalue weighted by Crippen LogP contribution is 1.79. The maximum Gasteiger partial charge on any atom is 0.136 e. The Labute approximate surface area is 38.2 Å². The highest BCUT2D eigenvalue weighted by Gasteiger charge is 1.71. The van der Waals surface area contributed by atoms with E-state index in [9.17, 15) is 0 Å². The first-order chi connectivity index (χ1) is 2.91. The van der Waals surface area contributed by atoms with Gasteiger partial charge >= 0.3 is 0 Å². The minimum Gasteiger partial charge on any atom is -0.264 e. The summed E-state index contributed by atoms with van der Waals surface area (Å²) in [4.78, 5) is 0. The molecule has 1 heteroatoms. The standard InChI is InChI=1S/C5H9N/c1-2-3-4-5-6/h2,5-6H,1,3-4H2/p+1. The average Bonchev–Trinajstić information content (AvgIpc) is 1.61. The topological polar surface area (TPSA) is 25.6 Å². The van der Waals surface area contributed by atoms with Crippen LogP contribution >= 0.6 is 0 Å². The van der Waals surface area contributed by atoms with Crippen molar-refractivity contribution in [3.63, 3.8) is 0 Å². The molecule has 0 aromatic carbocycles. The summed E-state index contributed by atoms with van der Waals surface area (Å²) in [6.45, 7) is 3.52. The Bertz CT molecular complexity index is 39.9. The zero-order valence-electron chi connectivity index (χ0n) is 3.85. The summed E-state index contributed by atoms with van der Waals surface area (Å²) < 4.78 is 0. The van der Waals surface area contributed by atoms with Crippen molar-refractivity contribution in [3.05, 3.63) is 12.7 Å². The molecule has 0 saturated heterocycles. The van der Waals surface area contributed by atoms with E-state index >= 15 is 0 Å². The largest absolute Gasteiger partial charge is 0.264 e. The summed E-state index contributed by atoms with van der Waals surface area (Å²) in [7, 11) is 0. The Kier molecular flexibility index (Phi) is 3.98. The number of allylic oxidation sites excluding steroid dienone is 1. The van der Waals surface area contributed by atoms with E-state index in [2.05, 4.69) is 6.58 Å². The van der Waals surface area contributed by atoms with Gasteiger partial charge in [-0.1, -0.05) is 6.08 Å².